The zero-order valence-electron chi connectivity index (χ0n) is 14.3. The Balaban J connectivity index is 1.85. The summed E-state index contributed by atoms with van der Waals surface area (Å²) in [4.78, 5) is 12.7. The normalized spacial score (nSPS) is 11.9. The van der Waals surface area contributed by atoms with Crippen molar-refractivity contribution >= 4 is 29.1 Å². The number of carbonyl (C=O) groups excluding carboxylic acids is 1. The predicted octanol–water partition coefficient (Wildman–Crippen LogP) is 5.15. The number of rotatable bonds is 7. The summed E-state index contributed by atoms with van der Waals surface area (Å²) in [6, 6.07) is 16.8. The van der Waals surface area contributed by atoms with Crippen molar-refractivity contribution in [1.82, 2.24) is 14.8 Å². The zero-order valence-corrected chi connectivity index (χ0v) is 15.9. The van der Waals surface area contributed by atoms with Gasteiger partial charge in [-0.1, -0.05) is 59.8 Å². The lowest BCUT2D eigenvalue weighted by Gasteiger charge is -2.12. The zero-order chi connectivity index (χ0) is 18.5. The van der Waals surface area contributed by atoms with Gasteiger partial charge in [0.25, 0.3) is 0 Å². The highest BCUT2D eigenvalue weighted by molar-refractivity contribution is 8.00. The van der Waals surface area contributed by atoms with Crippen molar-refractivity contribution in [3.63, 3.8) is 0 Å². The number of thioether (sulfide) groups is 1. The van der Waals surface area contributed by atoms with Gasteiger partial charge < -0.3 is 0 Å². The van der Waals surface area contributed by atoms with E-state index < -0.39 is 0 Å². The molecule has 1 aromatic heterocycles. The third-order valence-corrected chi connectivity index (χ3v) is 5.17. The molecule has 3 rings (SSSR count). The number of halogens is 1. The predicted molar refractivity (Wildman–Crippen MR) is 107 cm³/mol. The molecule has 0 radical (unpaired) electrons. The smallest absolute Gasteiger partial charge is 0.192 e. The fourth-order valence-corrected chi connectivity index (χ4v) is 3.59. The standard InChI is InChI=1S/C20H18ClN3OS/c1-3-13-24-19(16-7-5-4-6-8-16)22-23-20(24)26-14(2)18(25)15-9-11-17(21)12-10-15/h3-12,14H,1,13H2,2H3/t14-/m0/s1. The Hall–Kier alpha value is -2.37. The maximum atomic E-state index is 12.7. The van der Waals surface area contributed by atoms with E-state index >= 15 is 0 Å². The Morgan fingerprint density at radius 3 is 2.54 bits per heavy atom. The van der Waals surface area contributed by atoms with Crippen LogP contribution in [0.5, 0.6) is 0 Å². The quantitative estimate of drug-likeness (QED) is 0.321. The van der Waals surface area contributed by atoms with Crippen molar-refractivity contribution in [3.05, 3.63) is 77.8 Å². The molecule has 0 N–H and O–H groups in total. The van der Waals surface area contributed by atoms with E-state index in [-0.39, 0.29) is 11.0 Å². The summed E-state index contributed by atoms with van der Waals surface area (Å²) < 4.78 is 1.97. The Labute approximate surface area is 161 Å². The molecule has 132 valence electrons. The molecule has 0 amide bonds. The highest BCUT2D eigenvalue weighted by Crippen LogP contribution is 2.28. The molecule has 4 nitrogen and oxygen atoms in total. The first kappa shape index (κ1) is 18.4. The molecular formula is C20H18ClN3OS. The first-order chi connectivity index (χ1) is 12.6. The van der Waals surface area contributed by atoms with Gasteiger partial charge in [-0.25, -0.2) is 0 Å². The maximum Gasteiger partial charge on any atom is 0.192 e. The van der Waals surface area contributed by atoms with E-state index in [1.54, 1.807) is 30.3 Å². The minimum Gasteiger partial charge on any atom is -0.298 e. The number of benzene rings is 2. The summed E-state index contributed by atoms with van der Waals surface area (Å²) in [5.41, 5.74) is 1.61. The van der Waals surface area contributed by atoms with Crippen LogP contribution in [0, 0.1) is 0 Å². The second-order valence-corrected chi connectivity index (χ2v) is 7.45. The summed E-state index contributed by atoms with van der Waals surface area (Å²) in [7, 11) is 0. The molecule has 0 spiro atoms. The van der Waals surface area contributed by atoms with Crippen LogP contribution in [0.3, 0.4) is 0 Å². The van der Waals surface area contributed by atoms with Crippen molar-refractivity contribution in [3.8, 4) is 11.4 Å². The number of carbonyl (C=O) groups is 1. The van der Waals surface area contributed by atoms with E-state index in [2.05, 4.69) is 16.8 Å². The van der Waals surface area contributed by atoms with Crippen LogP contribution in [0.15, 0.2) is 72.4 Å². The third kappa shape index (κ3) is 4.06. The van der Waals surface area contributed by atoms with Gasteiger partial charge in [0.05, 0.1) is 5.25 Å². The minimum atomic E-state index is -0.299. The summed E-state index contributed by atoms with van der Waals surface area (Å²) >= 11 is 7.29. The van der Waals surface area contributed by atoms with Crippen LogP contribution in [0.4, 0.5) is 0 Å². The Kier molecular flexibility index (Phi) is 5.91. The monoisotopic (exact) mass is 383 g/mol. The van der Waals surface area contributed by atoms with Crippen LogP contribution in [-0.2, 0) is 6.54 Å². The molecule has 0 saturated carbocycles. The van der Waals surface area contributed by atoms with Crippen LogP contribution in [0.25, 0.3) is 11.4 Å². The highest BCUT2D eigenvalue weighted by atomic mass is 35.5. The first-order valence-electron chi connectivity index (χ1n) is 8.16. The number of ketones is 1. The Morgan fingerprint density at radius 2 is 1.88 bits per heavy atom. The molecule has 1 heterocycles. The van der Waals surface area contributed by atoms with Gasteiger partial charge in [-0.2, -0.15) is 0 Å². The Bertz CT molecular complexity index is 907. The van der Waals surface area contributed by atoms with E-state index in [1.807, 2.05) is 41.8 Å². The lowest BCUT2D eigenvalue weighted by Crippen LogP contribution is -2.14. The molecule has 6 heteroatoms. The van der Waals surface area contributed by atoms with Crippen molar-refractivity contribution < 1.29 is 4.79 Å². The van der Waals surface area contributed by atoms with Gasteiger partial charge in [-0.3, -0.25) is 9.36 Å². The fourth-order valence-electron chi connectivity index (χ4n) is 2.53. The van der Waals surface area contributed by atoms with E-state index in [0.717, 1.165) is 11.4 Å². The van der Waals surface area contributed by atoms with Crippen LogP contribution >= 0.6 is 23.4 Å². The van der Waals surface area contributed by atoms with Gasteiger partial charge in [0.15, 0.2) is 16.8 Å². The molecule has 0 saturated heterocycles. The van der Waals surface area contributed by atoms with Crippen molar-refractivity contribution in [2.45, 2.75) is 23.9 Å². The summed E-state index contributed by atoms with van der Waals surface area (Å²) in [6.07, 6.45) is 1.80. The molecule has 0 aliphatic rings. The van der Waals surface area contributed by atoms with Crippen molar-refractivity contribution in [2.24, 2.45) is 0 Å². The van der Waals surface area contributed by atoms with Crippen LogP contribution in [0.2, 0.25) is 5.02 Å². The third-order valence-electron chi connectivity index (χ3n) is 3.84. The number of Topliss-reactive ketones (excluding diaryl/α,β-unsaturated/α-hetero) is 1. The molecule has 0 aliphatic heterocycles. The van der Waals surface area contributed by atoms with Crippen LogP contribution in [-0.4, -0.2) is 25.8 Å². The number of allylic oxidation sites excluding steroid dienone is 1. The lowest BCUT2D eigenvalue weighted by molar-refractivity contribution is 0.0994. The maximum absolute atomic E-state index is 12.7. The molecule has 0 unspecified atom stereocenters. The molecule has 1 atom stereocenters. The fraction of sp³-hybridized carbons (Fsp3) is 0.150. The topological polar surface area (TPSA) is 47.8 Å². The van der Waals surface area contributed by atoms with E-state index in [0.29, 0.717) is 22.3 Å². The van der Waals surface area contributed by atoms with Crippen molar-refractivity contribution in [2.75, 3.05) is 0 Å². The average molecular weight is 384 g/mol. The highest BCUT2D eigenvalue weighted by Gasteiger charge is 2.21. The average Bonchev–Trinajstić information content (AvgIpc) is 3.05. The molecule has 3 aromatic rings. The molecule has 26 heavy (non-hydrogen) atoms. The van der Waals surface area contributed by atoms with Gasteiger partial charge in [-0.05, 0) is 31.2 Å². The largest absolute Gasteiger partial charge is 0.298 e. The summed E-state index contributed by atoms with van der Waals surface area (Å²) in [6.45, 7) is 6.26. The van der Waals surface area contributed by atoms with Crippen molar-refractivity contribution in [1.29, 1.82) is 0 Å². The molecule has 2 aromatic carbocycles. The lowest BCUT2D eigenvalue weighted by atomic mass is 10.1. The number of nitrogens with zero attached hydrogens (tertiary/aromatic N) is 3. The molecule has 0 bridgehead atoms. The van der Waals surface area contributed by atoms with Crippen LogP contribution in [0.1, 0.15) is 17.3 Å². The molecule has 0 aliphatic carbocycles. The van der Waals surface area contributed by atoms with Gasteiger partial charge in [0.1, 0.15) is 0 Å². The minimum absolute atomic E-state index is 0.0288. The number of hydrogen-bond acceptors (Lipinski definition) is 4. The Morgan fingerprint density at radius 1 is 1.19 bits per heavy atom. The second-order valence-electron chi connectivity index (χ2n) is 5.70. The summed E-state index contributed by atoms with van der Waals surface area (Å²) in [5.74, 6) is 0.792. The molecular weight excluding hydrogens is 366 g/mol. The van der Waals surface area contributed by atoms with Gasteiger partial charge in [0.2, 0.25) is 0 Å². The van der Waals surface area contributed by atoms with E-state index in [4.69, 9.17) is 11.6 Å². The van der Waals surface area contributed by atoms with Gasteiger partial charge in [0, 0.05) is 22.7 Å². The van der Waals surface area contributed by atoms with Gasteiger partial charge in [-0.15, -0.1) is 16.8 Å². The SMILES string of the molecule is C=CCn1c(S[C@@H](C)C(=O)c2ccc(Cl)cc2)nnc1-c1ccccc1. The first-order valence-corrected chi connectivity index (χ1v) is 9.42. The second kappa shape index (κ2) is 8.34. The number of aromatic nitrogens is 3. The van der Waals surface area contributed by atoms with Crippen LogP contribution < -0.4 is 0 Å². The van der Waals surface area contributed by atoms with E-state index in [1.165, 1.54) is 11.8 Å². The molecule has 0 fully saturated rings. The van der Waals surface area contributed by atoms with E-state index in [9.17, 15) is 4.79 Å². The van der Waals surface area contributed by atoms with Gasteiger partial charge >= 0.3 is 0 Å². The summed E-state index contributed by atoms with van der Waals surface area (Å²) in [5, 5.41) is 9.62. The number of hydrogen-bond donors (Lipinski definition) is 0.